The molecule has 0 amide bonds. The molecule has 24 aromatic rings. The van der Waals surface area contributed by atoms with Crippen molar-refractivity contribution in [1.29, 1.82) is 0 Å². The van der Waals surface area contributed by atoms with E-state index in [2.05, 4.69) is 426 Å². The molecule has 6 aromatic heterocycles. The van der Waals surface area contributed by atoms with Crippen LogP contribution in [0.1, 0.15) is 11.1 Å². The average molecular weight is 1500 g/mol. The lowest BCUT2D eigenvalue weighted by atomic mass is 9.94. The molecule has 0 saturated carbocycles. The van der Waals surface area contributed by atoms with Gasteiger partial charge in [-0.3, -0.25) is 0 Å². The van der Waals surface area contributed by atoms with E-state index in [9.17, 15) is 0 Å². The van der Waals surface area contributed by atoms with Crippen LogP contribution in [0.15, 0.2) is 405 Å². The number of nitrogens with zero attached hydrogens (tertiary/aromatic N) is 4. The van der Waals surface area contributed by atoms with Gasteiger partial charge in [0.05, 0.1) is 44.1 Å². The van der Waals surface area contributed by atoms with E-state index in [1.54, 1.807) is 0 Å². The van der Waals surface area contributed by atoms with E-state index in [1.165, 1.54) is 180 Å². The molecule has 6 heteroatoms. The fourth-order valence-corrected chi connectivity index (χ4v) is 19.9. The monoisotopic (exact) mass is 1500 g/mol. The molecule has 5 nitrogen and oxygen atoms in total. The lowest BCUT2D eigenvalue weighted by Gasteiger charge is -2.11. The first-order valence-corrected chi connectivity index (χ1v) is 40.6. The van der Waals surface area contributed by atoms with Crippen molar-refractivity contribution in [3.63, 3.8) is 0 Å². The predicted octanol–water partition coefficient (Wildman–Crippen LogP) is 30.6. The lowest BCUT2D eigenvalue weighted by Crippen LogP contribution is -1.93. The van der Waals surface area contributed by atoms with Crippen LogP contribution in [0, 0.1) is 13.8 Å². The first-order valence-electron chi connectivity index (χ1n) is 39.8. The van der Waals surface area contributed by atoms with Gasteiger partial charge in [-0.25, -0.2) is 0 Å². The highest BCUT2D eigenvalue weighted by molar-refractivity contribution is 7.26. The van der Waals surface area contributed by atoms with Gasteiger partial charge in [0.15, 0.2) is 0 Å². The maximum absolute atomic E-state index is 6.49. The quantitative estimate of drug-likeness (QED) is 0.134. The molecule has 0 N–H and O–H groups in total. The highest BCUT2D eigenvalue weighted by atomic mass is 32.1. The summed E-state index contributed by atoms with van der Waals surface area (Å²) < 4.78 is 18.7. The third-order valence-corrected chi connectivity index (χ3v) is 25.1. The largest absolute Gasteiger partial charge is 0.455 e. The molecule has 0 spiro atoms. The number of hydrogen-bond donors (Lipinski definition) is 0. The molecule has 116 heavy (non-hydrogen) atoms. The van der Waals surface area contributed by atoms with Gasteiger partial charge in [-0.05, 0) is 238 Å². The molecule has 0 aliphatic rings. The van der Waals surface area contributed by atoms with Crippen molar-refractivity contribution in [3.05, 3.63) is 412 Å². The first-order chi connectivity index (χ1) is 57.3. The number of hydrogen-bond acceptors (Lipinski definition) is 2. The number of thiophene rings is 1. The molecule has 544 valence electrons. The van der Waals surface area contributed by atoms with E-state index in [0.717, 1.165) is 50.0 Å². The van der Waals surface area contributed by atoms with Gasteiger partial charge in [-0.1, -0.05) is 249 Å². The minimum atomic E-state index is 0.910. The third kappa shape index (κ3) is 11.0. The zero-order valence-corrected chi connectivity index (χ0v) is 64.5. The Labute approximate surface area is 673 Å². The van der Waals surface area contributed by atoms with Crippen LogP contribution in [-0.2, 0) is 0 Å². The van der Waals surface area contributed by atoms with Crippen molar-refractivity contribution in [2.45, 2.75) is 13.8 Å². The van der Waals surface area contributed by atoms with E-state index in [4.69, 9.17) is 4.42 Å². The molecule has 24 rings (SSSR count). The Balaban J connectivity index is 0.000000137. The van der Waals surface area contributed by atoms with Crippen molar-refractivity contribution in [2.75, 3.05) is 0 Å². The van der Waals surface area contributed by atoms with Crippen LogP contribution in [-0.4, -0.2) is 18.3 Å². The second-order valence-electron chi connectivity index (χ2n) is 30.8. The molecule has 18 aromatic carbocycles. The zero-order valence-electron chi connectivity index (χ0n) is 63.7. The Kier molecular flexibility index (Phi) is 15.6. The lowest BCUT2D eigenvalue weighted by molar-refractivity contribution is 0.670. The fourth-order valence-electron chi connectivity index (χ4n) is 18.6. The molecule has 0 fully saturated rings. The van der Waals surface area contributed by atoms with Gasteiger partial charge in [-0.15, -0.1) is 11.3 Å². The van der Waals surface area contributed by atoms with Gasteiger partial charge < -0.3 is 22.7 Å². The summed E-state index contributed by atoms with van der Waals surface area (Å²) >= 11 is 1.89. The minimum Gasteiger partial charge on any atom is -0.455 e. The molecule has 0 aliphatic carbocycles. The van der Waals surface area contributed by atoms with Gasteiger partial charge in [0, 0.05) is 102 Å². The normalized spacial score (nSPS) is 11.9. The van der Waals surface area contributed by atoms with E-state index in [-0.39, 0.29) is 0 Å². The topological polar surface area (TPSA) is 32.9 Å². The zero-order chi connectivity index (χ0) is 76.6. The third-order valence-electron chi connectivity index (χ3n) is 23.9. The van der Waals surface area contributed by atoms with Crippen LogP contribution in [0.2, 0.25) is 0 Å². The average Bonchev–Trinajstić information content (AvgIpc) is 1.59. The number of aryl methyl sites for hydroxylation is 2. The summed E-state index contributed by atoms with van der Waals surface area (Å²) in [6, 6.07) is 146. The number of benzene rings is 18. The molecular formula is C110H72N4OS. The van der Waals surface area contributed by atoms with E-state index >= 15 is 0 Å². The van der Waals surface area contributed by atoms with Gasteiger partial charge in [-0.2, -0.15) is 0 Å². The van der Waals surface area contributed by atoms with Crippen molar-refractivity contribution < 1.29 is 4.42 Å². The van der Waals surface area contributed by atoms with Crippen LogP contribution < -0.4 is 0 Å². The number of para-hydroxylation sites is 8. The Morgan fingerprint density at radius 3 is 1.00 bits per heavy atom. The molecule has 6 heterocycles. The summed E-state index contributed by atoms with van der Waals surface area (Å²) in [5.74, 6) is 0. The second kappa shape index (κ2) is 27.0. The molecule has 0 unspecified atom stereocenters. The van der Waals surface area contributed by atoms with Gasteiger partial charge in [0.2, 0.25) is 0 Å². The van der Waals surface area contributed by atoms with Crippen LogP contribution in [0.3, 0.4) is 0 Å². The second-order valence-corrected chi connectivity index (χ2v) is 31.9. The van der Waals surface area contributed by atoms with E-state index in [1.807, 2.05) is 17.4 Å². The van der Waals surface area contributed by atoms with Gasteiger partial charge >= 0.3 is 0 Å². The molecule has 0 aliphatic heterocycles. The summed E-state index contributed by atoms with van der Waals surface area (Å²) in [4.78, 5) is 0. The molecule has 0 bridgehead atoms. The van der Waals surface area contributed by atoms with Crippen molar-refractivity contribution >= 4 is 141 Å². The molecule has 0 saturated heterocycles. The highest BCUT2D eigenvalue weighted by Crippen LogP contribution is 2.47. The maximum atomic E-state index is 6.49. The van der Waals surface area contributed by atoms with Crippen LogP contribution >= 0.6 is 11.3 Å². The number of rotatable bonds is 10. The Bertz CT molecular complexity index is 8080. The van der Waals surface area contributed by atoms with Gasteiger partial charge in [0.1, 0.15) is 11.2 Å². The molecule has 0 radical (unpaired) electrons. The van der Waals surface area contributed by atoms with Gasteiger partial charge in [0.25, 0.3) is 0 Å². The molecular weight excluding hydrogens is 1430 g/mol. The Hall–Kier alpha value is -14.8. The van der Waals surface area contributed by atoms with Crippen LogP contribution in [0.25, 0.3) is 219 Å². The summed E-state index contributed by atoms with van der Waals surface area (Å²) in [6.07, 6.45) is 0. The molecule has 0 atom stereocenters. The van der Waals surface area contributed by atoms with Crippen molar-refractivity contribution in [1.82, 2.24) is 18.3 Å². The predicted molar refractivity (Wildman–Crippen MR) is 492 cm³/mol. The smallest absolute Gasteiger partial charge is 0.143 e. The standard InChI is InChI=1S/C55H36N2O.C55H36N2S/c1-35-29-39(36-24-27-51-48(32-36)44-17-8-10-21-50(44)56(51)41-13-4-2-5-14-41)31-40(30-35)37-25-28-52-49(33-37)45-26-23-38(34-53(45)57(52)42-15-6-3-7-16-42)43-19-12-20-47-46-18-9-11-22-54(46)58-55(43)47;1-35-29-39(36-23-26-51-47(32-36)44-17-8-10-21-50(44)56(51)41-13-4-2-5-14-41)31-40(30-35)37-24-27-52-48(33-37)49-34-38(25-28-53(49)57(52)42-15-6-3-7-16-42)43-19-12-20-46-45-18-9-11-22-54(45)58-55(43)46/h2*2-34H,1H3. The van der Waals surface area contributed by atoms with Crippen LogP contribution in [0.5, 0.6) is 0 Å². The SMILES string of the molecule is Cc1cc(-c2ccc3c(c2)c2ccccc2n3-c2ccccc2)cc(-c2ccc3c(c2)c2cc(-c4cccc5c4sc4ccccc45)ccc2n3-c2ccccc2)c1.Cc1cc(-c2ccc3c(c2)c2ccccc2n3-c2ccccc2)cc(-c2ccc3c(c2)c2ccc(-c4cccc5c4oc4ccccc45)cc2n3-c2ccccc2)c1. The summed E-state index contributed by atoms with van der Waals surface area (Å²) in [5.41, 5.74) is 33.0. The summed E-state index contributed by atoms with van der Waals surface area (Å²) in [6.45, 7) is 4.42. The van der Waals surface area contributed by atoms with Crippen molar-refractivity contribution in [2.24, 2.45) is 0 Å². The number of fused-ring (bicyclic) bond motifs is 18. The maximum Gasteiger partial charge on any atom is 0.143 e. The number of aromatic nitrogens is 4. The van der Waals surface area contributed by atoms with E-state index < -0.39 is 0 Å². The Morgan fingerprint density at radius 2 is 0.526 bits per heavy atom. The minimum absolute atomic E-state index is 0.910. The fraction of sp³-hybridized carbons (Fsp3) is 0.0182. The summed E-state index contributed by atoms with van der Waals surface area (Å²) in [5, 5.41) is 14.9. The van der Waals surface area contributed by atoms with Crippen LogP contribution in [0.4, 0.5) is 0 Å². The van der Waals surface area contributed by atoms with Crippen molar-refractivity contribution in [3.8, 4) is 89.5 Å². The Morgan fingerprint density at radius 1 is 0.198 bits per heavy atom. The summed E-state index contributed by atoms with van der Waals surface area (Å²) in [7, 11) is 0. The van der Waals surface area contributed by atoms with E-state index in [0.29, 0.717) is 0 Å². The first kappa shape index (κ1) is 66.9. The highest BCUT2D eigenvalue weighted by Gasteiger charge is 2.23. The number of furan rings is 1.